The lowest BCUT2D eigenvalue weighted by Crippen LogP contribution is -2.27. The molecule has 0 spiro atoms. The molecule has 4 aromatic rings. The van der Waals surface area contributed by atoms with Gasteiger partial charge in [0.1, 0.15) is 10.4 Å². The van der Waals surface area contributed by atoms with Crippen molar-refractivity contribution in [3.8, 4) is 11.4 Å². The number of thiophene rings is 1. The molecule has 0 radical (unpaired) electrons. The smallest absolute Gasteiger partial charge is 0.276 e. The quantitative estimate of drug-likeness (QED) is 0.244. The predicted molar refractivity (Wildman–Crippen MR) is 134 cm³/mol. The van der Waals surface area contributed by atoms with Crippen molar-refractivity contribution in [3.63, 3.8) is 0 Å². The van der Waals surface area contributed by atoms with Gasteiger partial charge in [-0.25, -0.2) is 4.98 Å². The molecule has 0 saturated carbocycles. The molecule has 0 fully saturated rings. The molecule has 2 heterocycles. The molecule has 32 heavy (non-hydrogen) atoms. The summed E-state index contributed by atoms with van der Waals surface area (Å²) >= 11 is 6.08. The fraction of sp³-hybridized carbons (Fsp3) is 0.174. The average Bonchev–Trinajstić information content (AvgIpc) is 3.28. The SMILES string of the molecule is CC[C@H](Sc1nc2ccsc2c(=O)n1-c1ccc(Br)cc1)C(=O)Nc1ccccc1OC. The number of nitrogens with one attached hydrogen (secondary N) is 1. The normalized spacial score (nSPS) is 12.0. The summed E-state index contributed by atoms with van der Waals surface area (Å²) in [5.74, 6) is 0.411. The largest absolute Gasteiger partial charge is 0.495 e. The number of rotatable bonds is 7. The Balaban J connectivity index is 1.72. The van der Waals surface area contributed by atoms with Crippen LogP contribution in [0.2, 0.25) is 0 Å². The van der Waals surface area contributed by atoms with E-state index in [4.69, 9.17) is 9.72 Å². The van der Waals surface area contributed by atoms with E-state index in [1.54, 1.807) is 23.8 Å². The van der Waals surface area contributed by atoms with Gasteiger partial charge in [0, 0.05) is 4.47 Å². The summed E-state index contributed by atoms with van der Waals surface area (Å²) in [6, 6.07) is 16.6. The van der Waals surface area contributed by atoms with Crippen molar-refractivity contribution in [1.82, 2.24) is 9.55 Å². The molecule has 0 aliphatic rings. The Labute approximate surface area is 201 Å². The van der Waals surface area contributed by atoms with Gasteiger partial charge in [0.25, 0.3) is 5.56 Å². The molecule has 0 aliphatic heterocycles. The number of nitrogens with zero attached hydrogens (tertiary/aromatic N) is 2. The lowest BCUT2D eigenvalue weighted by atomic mass is 10.2. The summed E-state index contributed by atoms with van der Waals surface area (Å²) in [6.07, 6.45) is 0.559. The Bertz CT molecular complexity index is 1320. The first-order chi connectivity index (χ1) is 15.5. The first-order valence-electron chi connectivity index (χ1n) is 9.88. The second-order valence-electron chi connectivity index (χ2n) is 6.85. The number of halogens is 1. The Kier molecular flexibility index (Phi) is 6.98. The number of hydrogen-bond acceptors (Lipinski definition) is 6. The number of carbonyl (C=O) groups excluding carboxylic acids is 1. The molecule has 0 aliphatic carbocycles. The first kappa shape index (κ1) is 22.6. The van der Waals surface area contributed by atoms with Crippen LogP contribution in [0.1, 0.15) is 13.3 Å². The third-order valence-electron chi connectivity index (χ3n) is 4.81. The van der Waals surface area contributed by atoms with Gasteiger partial charge in [-0.1, -0.05) is 46.7 Å². The molecular formula is C23H20BrN3O3S2. The second kappa shape index (κ2) is 9.89. The Morgan fingerprint density at radius 2 is 1.97 bits per heavy atom. The van der Waals surface area contributed by atoms with Gasteiger partial charge in [0.15, 0.2) is 5.16 Å². The topological polar surface area (TPSA) is 73.2 Å². The molecular weight excluding hydrogens is 510 g/mol. The molecule has 0 unspecified atom stereocenters. The molecule has 2 aromatic heterocycles. The monoisotopic (exact) mass is 529 g/mol. The van der Waals surface area contributed by atoms with E-state index in [9.17, 15) is 9.59 Å². The number of ether oxygens (including phenoxy) is 1. The van der Waals surface area contributed by atoms with E-state index in [0.29, 0.717) is 38.9 Å². The van der Waals surface area contributed by atoms with Crippen LogP contribution >= 0.6 is 39.0 Å². The summed E-state index contributed by atoms with van der Waals surface area (Å²) in [7, 11) is 1.56. The van der Waals surface area contributed by atoms with E-state index in [2.05, 4.69) is 21.2 Å². The van der Waals surface area contributed by atoms with Crippen molar-refractivity contribution in [3.05, 3.63) is 74.8 Å². The van der Waals surface area contributed by atoms with E-state index in [1.165, 1.54) is 23.1 Å². The van der Waals surface area contributed by atoms with E-state index in [1.807, 2.05) is 54.8 Å². The fourth-order valence-electron chi connectivity index (χ4n) is 3.20. The van der Waals surface area contributed by atoms with Crippen LogP contribution in [0.3, 0.4) is 0 Å². The van der Waals surface area contributed by atoms with Crippen molar-refractivity contribution in [2.75, 3.05) is 12.4 Å². The van der Waals surface area contributed by atoms with Crippen LogP contribution in [0.25, 0.3) is 15.9 Å². The molecule has 4 rings (SSSR count). The van der Waals surface area contributed by atoms with Crippen LogP contribution in [0.5, 0.6) is 5.75 Å². The minimum Gasteiger partial charge on any atom is -0.495 e. The van der Waals surface area contributed by atoms with Gasteiger partial charge in [-0.15, -0.1) is 11.3 Å². The summed E-state index contributed by atoms with van der Waals surface area (Å²) < 4.78 is 8.42. The molecule has 0 saturated heterocycles. The second-order valence-corrected chi connectivity index (χ2v) is 9.85. The van der Waals surface area contributed by atoms with Crippen LogP contribution in [0.4, 0.5) is 5.69 Å². The summed E-state index contributed by atoms with van der Waals surface area (Å²) in [6.45, 7) is 1.94. The third kappa shape index (κ3) is 4.60. The summed E-state index contributed by atoms with van der Waals surface area (Å²) in [5.41, 5.74) is 1.79. The standard InChI is InChI=1S/C23H20BrN3O3S2/c1-3-19(21(28)25-16-6-4-5-7-18(16)30-2)32-23-26-17-12-13-31-20(17)22(29)27(23)15-10-8-14(24)9-11-15/h4-13,19H,3H2,1-2H3,(H,25,28)/t19-/m0/s1. The Hall–Kier alpha value is -2.62. The zero-order chi connectivity index (χ0) is 22.7. The Morgan fingerprint density at radius 3 is 2.69 bits per heavy atom. The van der Waals surface area contributed by atoms with Gasteiger partial charge in [-0.3, -0.25) is 14.2 Å². The van der Waals surface area contributed by atoms with Crippen molar-refractivity contribution >= 4 is 60.8 Å². The highest BCUT2D eigenvalue weighted by Crippen LogP contribution is 2.30. The number of anilines is 1. The number of para-hydroxylation sites is 2. The highest BCUT2D eigenvalue weighted by atomic mass is 79.9. The lowest BCUT2D eigenvalue weighted by Gasteiger charge is -2.18. The molecule has 1 N–H and O–H groups in total. The number of fused-ring (bicyclic) bond motifs is 1. The predicted octanol–water partition coefficient (Wildman–Crippen LogP) is 5.73. The minimum atomic E-state index is -0.454. The summed E-state index contributed by atoms with van der Waals surface area (Å²) in [5, 5.41) is 4.82. The van der Waals surface area contributed by atoms with Gasteiger partial charge in [-0.05, 0) is 54.3 Å². The highest BCUT2D eigenvalue weighted by Gasteiger charge is 2.23. The van der Waals surface area contributed by atoms with E-state index >= 15 is 0 Å². The minimum absolute atomic E-state index is 0.144. The first-order valence-corrected chi connectivity index (χ1v) is 12.4. The maximum atomic E-state index is 13.3. The van der Waals surface area contributed by atoms with Crippen molar-refractivity contribution < 1.29 is 9.53 Å². The Morgan fingerprint density at radius 1 is 1.22 bits per heavy atom. The zero-order valence-electron chi connectivity index (χ0n) is 17.4. The van der Waals surface area contributed by atoms with Gasteiger partial charge in [0.05, 0.1) is 29.3 Å². The van der Waals surface area contributed by atoms with Gasteiger partial charge in [0.2, 0.25) is 5.91 Å². The maximum absolute atomic E-state index is 13.3. The maximum Gasteiger partial charge on any atom is 0.276 e. The highest BCUT2D eigenvalue weighted by molar-refractivity contribution is 9.10. The molecule has 2 aromatic carbocycles. The van der Waals surface area contributed by atoms with Gasteiger partial charge >= 0.3 is 0 Å². The number of amides is 1. The third-order valence-corrected chi connectivity index (χ3v) is 7.55. The van der Waals surface area contributed by atoms with Gasteiger partial charge in [-0.2, -0.15) is 0 Å². The number of aromatic nitrogens is 2. The van der Waals surface area contributed by atoms with Crippen molar-refractivity contribution in [2.24, 2.45) is 0 Å². The number of benzene rings is 2. The van der Waals surface area contributed by atoms with E-state index in [-0.39, 0.29) is 11.5 Å². The van der Waals surface area contributed by atoms with E-state index in [0.717, 1.165) is 4.47 Å². The van der Waals surface area contributed by atoms with Crippen LogP contribution in [0.15, 0.2) is 74.4 Å². The molecule has 0 bridgehead atoms. The number of thioether (sulfide) groups is 1. The van der Waals surface area contributed by atoms with E-state index < -0.39 is 5.25 Å². The van der Waals surface area contributed by atoms with Crippen LogP contribution < -0.4 is 15.6 Å². The molecule has 9 heteroatoms. The molecule has 6 nitrogen and oxygen atoms in total. The fourth-order valence-corrected chi connectivity index (χ4v) is 5.26. The van der Waals surface area contributed by atoms with Crippen molar-refractivity contribution in [2.45, 2.75) is 23.8 Å². The zero-order valence-corrected chi connectivity index (χ0v) is 20.6. The average molecular weight is 530 g/mol. The van der Waals surface area contributed by atoms with Gasteiger partial charge < -0.3 is 10.1 Å². The van der Waals surface area contributed by atoms with Crippen molar-refractivity contribution in [1.29, 1.82) is 0 Å². The molecule has 1 atom stereocenters. The van der Waals surface area contributed by atoms with Crippen LogP contribution in [-0.4, -0.2) is 27.8 Å². The number of methoxy groups -OCH3 is 1. The lowest BCUT2D eigenvalue weighted by molar-refractivity contribution is -0.115. The number of hydrogen-bond donors (Lipinski definition) is 1. The van der Waals surface area contributed by atoms with Crippen LogP contribution in [-0.2, 0) is 4.79 Å². The molecule has 1 amide bonds. The number of carbonyl (C=O) groups is 1. The van der Waals surface area contributed by atoms with Crippen LogP contribution in [0, 0.1) is 0 Å². The summed E-state index contributed by atoms with van der Waals surface area (Å²) in [4.78, 5) is 31.1. The molecule has 164 valence electrons.